The van der Waals surface area contributed by atoms with Gasteiger partial charge in [-0.25, -0.2) is 4.79 Å². The average molecular weight is 262 g/mol. The van der Waals surface area contributed by atoms with Crippen LogP contribution < -0.4 is 0 Å². The number of carbonyl (C=O) groups is 1. The van der Waals surface area contributed by atoms with Crippen LogP contribution in [0.1, 0.15) is 26.3 Å². The third kappa shape index (κ3) is 3.93. The Labute approximate surface area is 116 Å². The van der Waals surface area contributed by atoms with Crippen molar-refractivity contribution in [3.63, 3.8) is 0 Å². The molecule has 104 valence electrons. The molecule has 0 aliphatic carbocycles. The first kappa shape index (κ1) is 15.4. The molecule has 0 radical (unpaired) electrons. The van der Waals surface area contributed by atoms with Gasteiger partial charge in [0.15, 0.2) is 0 Å². The number of rotatable bonds is 7. The minimum atomic E-state index is -0.357. The van der Waals surface area contributed by atoms with E-state index in [4.69, 9.17) is 4.74 Å². The largest absolute Gasteiger partial charge is 0.410 e. The highest BCUT2D eigenvalue weighted by molar-refractivity contribution is 5.81. The SMILES string of the molecule is C=CC(=O)OC(C)[N+](CC)(CC)Cc1ccccc1. The second kappa shape index (κ2) is 7.10. The topological polar surface area (TPSA) is 26.3 Å². The summed E-state index contributed by atoms with van der Waals surface area (Å²) in [5, 5.41) is 0. The van der Waals surface area contributed by atoms with E-state index in [2.05, 4.69) is 32.6 Å². The number of nitrogens with zero attached hydrogens (tertiary/aromatic N) is 1. The summed E-state index contributed by atoms with van der Waals surface area (Å²) >= 11 is 0. The van der Waals surface area contributed by atoms with Gasteiger partial charge in [-0.15, -0.1) is 0 Å². The molecule has 0 aromatic heterocycles. The second-order valence-electron chi connectivity index (χ2n) is 4.74. The van der Waals surface area contributed by atoms with Crippen molar-refractivity contribution in [1.29, 1.82) is 0 Å². The minimum absolute atomic E-state index is 0.180. The van der Waals surface area contributed by atoms with Gasteiger partial charge in [-0.2, -0.15) is 0 Å². The first-order chi connectivity index (χ1) is 9.07. The Morgan fingerprint density at radius 3 is 2.37 bits per heavy atom. The van der Waals surface area contributed by atoms with Gasteiger partial charge in [0, 0.05) is 18.6 Å². The van der Waals surface area contributed by atoms with Crippen LogP contribution in [0.3, 0.4) is 0 Å². The van der Waals surface area contributed by atoms with E-state index in [0.717, 1.165) is 24.1 Å². The number of benzene rings is 1. The monoisotopic (exact) mass is 262 g/mol. The van der Waals surface area contributed by atoms with Crippen molar-refractivity contribution in [1.82, 2.24) is 0 Å². The van der Waals surface area contributed by atoms with Gasteiger partial charge in [-0.3, -0.25) is 4.48 Å². The van der Waals surface area contributed by atoms with Crippen LogP contribution in [0.2, 0.25) is 0 Å². The molecule has 19 heavy (non-hydrogen) atoms. The third-order valence-corrected chi connectivity index (χ3v) is 3.82. The third-order valence-electron chi connectivity index (χ3n) is 3.82. The van der Waals surface area contributed by atoms with E-state index in [1.807, 2.05) is 25.1 Å². The van der Waals surface area contributed by atoms with E-state index in [1.165, 1.54) is 11.6 Å². The van der Waals surface area contributed by atoms with Crippen LogP contribution in [-0.4, -0.2) is 29.8 Å². The van der Waals surface area contributed by atoms with E-state index >= 15 is 0 Å². The number of quaternary nitrogens is 1. The Balaban J connectivity index is 2.89. The maximum Gasteiger partial charge on any atom is 0.334 e. The Morgan fingerprint density at radius 2 is 1.89 bits per heavy atom. The number of hydrogen-bond acceptors (Lipinski definition) is 2. The van der Waals surface area contributed by atoms with Gasteiger partial charge in [0.2, 0.25) is 6.23 Å². The van der Waals surface area contributed by atoms with Crippen LogP contribution in [0, 0.1) is 0 Å². The van der Waals surface area contributed by atoms with Crippen LogP contribution in [0.5, 0.6) is 0 Å². The molecular formula is C16H24NO2+. The molecule has 0 aliphatic rings. The summed E-state index contributed by atoms with van der Waals surface area (Å²) in [4.78, 5) is 11.4. The summed E-state index contributed by atoms with van der Waals surface area (Å²) < 4.78 is 6.16. The molecule has 1 rings (SSSR count). The Morgan fingerprint density at radius 1 is 1.32 bits per heavy atom. The smallest absolute Gasteiger partial charge is 0.334 e. The predicted octanol–water partition coefficient (Wildman–Crippen LogP) is 3.12. The van der Waals surface area contributed by atoms with Crippen molar-refractivity contribution in [2.75, 3.05) is 13.1 Å². The van der Waals surface area contributed by atoms with Crippen LogP contribution in [-0.2, 0) is 16.1 Å². The highest BCUT2D eigenvalue weighted by Crippen LogP contribution is 2.20. The molecule has 0 N–H and O–H groups in total. The molecule has 0 amide bonds. The van der Waals surface area contributed by atoms with E-state index in [1.54, 1.807) is 0 Å². The fourth-order valence-corrected chi connectivity index (χ4v) is 2.37. The summed E-state index contributed by atoms with van der Waals surface area (Å²) in [5.74, 6) is -0.357. The predicted molar refractivity (Wildman–Crippen MR) is 77.2 cm³/mol. The lowest BCUT2D eigenvalue weighted by molar-refractivity contribution is -0.976. The lowest BCUT2D eigenvalue weighted by Crippen LogP contribution is -2.54. The van der Waals surface area contributed by atoms with Crippen molar-refractivity contribution in [3.05, 3.63) is 48.6 Å². The van der Waals surface area contributed by atoms with Gasteiger partial charge in [-0.1, -0.05) is 36.9 Å². The molecule has 1 atom stereocenters. The normalized spacial score (nSPS) is 12.8. The van der Waals surface area contributed by atoms with Crippen LogP contribution in [0.25, 0.3) is 0 Å². The summed E-state index contributed by atoms with van der Waals surface area (Å²) in [7, 11) is 0. The fraction of sp³-hybridized carbons (Fsp3) is 0.438. The maximum absolute atomic E-state index is 11.4. The van der Waals surface area contributed by atoms with Crippen LogP contribution >= 0.6 is 0 Å². The zero-order valence-electron chi connectivity index (χ0n) is 12.1. The number of hydrogen-bond donors (Lipinski definition) is 0. The van der Waals surface area contributed by atoms with Crippen molar-refractivity contribution in [3.8, 4) is 0 Å². The first-order valence-electron chi connectivity index (χ1n) is 6.80. The molecule has 1 aromatic carbocycles. The summed E-state index contributed by atoms with van der Waals surface area (Å²) in [5.41, 5.74) is 1.26. The molecule has 3 nitrogen and oxygen atoms in total. The van der Waals surface area contributed by atoms with Gasteiger partial charge < -0.3 is 4.74 Å². The highest BCUT2D eigenvalue weighted by Gasteiger charge is 2.33. The quantitative estimate of drug-likeness (QED) is 0.327. The fourth-order valence-electron chi connectivity index (χ4n) is 2.37. The summed E-state index contributed by atoms with van der Waals surface area (Å²) in [6.07, 6.45) is 1.04. The molecule has 0 fully saturated rings. The Kier molecular flexibility index (Phi) is 5.77. The second-order valence-corrected chi connectivity index (χ2v) is 4.74. The molecule has 0 bridgehead atoms. The molecule has 0 heterocycles. The van der Waals surface area contributed by atoms with Crippen LogP contribution in [0.15, 0.2) is 43.0 Å². The number of ether oxygens (including phenoxy) is 1. The lowest BCUT2D eigenvalue weighted by Gasteiger charge is -2.41. The van der Waals surface area contributed by atoms with E-state index < -0.39 is 0 Å². The van der Waals surface area contributed by atoms with Crippen molar-refractivity contribution in [2.24, 2.45) is 0 Å². The minimum Gasteiger partial charge on any atom is -0.410 e. The lowest BCUT2D eigenvalue weighted by atomic mass is 10.1. The number of esters is 1. The van der Waals surface area contributed by atoms with Gasteiger partial charge in [0.25, 0.3) is 0 Å². The van der Waals surface area contributed by atoms with Crippen molar-refractivity contribution < 1.29 is 14.0 Å². The van der Waals surface area contributed by atoms with Gasteiger partial charge >= 0.3 is 5.97 Å². The van der Waals surface area contributed by atoms with Crippen molar-refractivity contribution in [2.45, 2.75) is 33.5 Å². The highest BCUT2D eigenvalue weighted by atomic mass is 16.6. The molecular weight excluding hydrogens is 238 g/mol. The Bertz CT molecular complexity index is 410. The van der Waals surface area contributed by atoms with Crippen molar-refractivity contribution >= 4 is 5.97 Å². The first-order valence-corrected chi connectivity index (χ1v) is 6.80. The number of carbonyl (C=O) groups excluding carboxylic acids is 1. The summed E-state index contributed by atoms with van der Waals surface area (Å²) in [6, 6.07) is 10.3. The van der Waals surface area contributed by atoms with E-state index in [9.17, 15) is 4.79 Å². The maximum atomic E-state index is 11.4. The Hall–Kier alpha value is -1.61. The van der Waals surface area contributed by atoms with Gasteiger partial charge in [0.1, 0.15) is 6.54 Å². The standard InChI is InChI=1S/C16H24NO2/c1-5-16(18)19-14(4)17(6-2,7-3)13-15-11-9-8-10-12-15/h5,8-12,14H,1,6-7,13H2,2-4H3/q+1. The molecule has 0 saturated carbocycles. The molecule has 0 saturated heterocycles. The zero-order chi connectivity index (χ0) is 14.3. The molecule has 0 aliphatic heterocycles. The summed E-state index contributed by atoms with van der Waals surface area (Å²) in [6.45, 7) is 12.4. The zero-order valence-corrected chi connectivity index (χ0v) is 12.1. The average Bonchev–Trinajstić information content (AvgIpc) is 2.45. The van der Waals surface area contributed by atoms with E-state index in [0.29, 0.717) is 0 Å². The van der Waals surface area contributed by atoms with Gasteiger partial charge in [-0.05, 0) is 13.8 Å². The van der Waals surface area contributed by atoms with E-state index in [-0.39, 0.29) is 12.2 Å². The molecule has 0 spiro atoms. The molecule has 1 aromatic rings. The molecule has 1 unspecified atom stereocenters. The molecule has 3 heteroatoms. The van der Waals surface area contributed by atoms with Crippen LogP contribution in [0.4, 0.5) is 0 Å². The van der Waals surface area contributed by atoms with Gasteiger partial charge in [0.05, 0.1) is 13.1 Å².